The number of nitrogens with zero attached hydrogens (tertiary/aromatic N) is 1. The highest BCUT2D eigenvalue weighted by molar-refractivity contribution is 6.06. The molecule has 1 saturated heterocycles. The van der Waals surface area contributed by atoms with E-state index in [-0.39, 0.29) is 24.4 Å². The lowest BCUT2D eigenvalue weighted by atomic mass is 10.1. The van der Waals surface area contributed by atoms with Crippen LogP contribution in [0.25, 0.3) is 0 Å². The van der Waals surface area contributed by atoms with Crippen LogP contribution < -0.4 is 10.6 Å². The summed E-state index contributed by atoms with van der Waals surface area (Å²) < 4.78 is 0. The highest BCUT2D eigenvalue weighted by Gasteiger charge is 2.39. The monoisotopic (exact) mass is 301 g/mol. The molecule has 1 aromatic carbocycles. The Morgan fingerprint density at radius 2 is 1.86 bits per heavy atom. The Labute approximate surface area is 128 Å². The van der Waals surface area contributed by atoms with Gasteiger partial charge in [-0.25, -0.2) is 4.79 Å². The largest absolute Gasteiger partial charge is 0.352 e. The molecule has 1 aliphatic carbocycles. The van der Waals surface area contributed by atoms with E-state index in [1.54, 1.807) is 12.1 Å². The Kier molecular flexibility index (Phi) is 4.09. The molecule has 1 aromatic rings. The number of hydrogen-bond acceptors (Lipinski definition) is 3. The third kappa shape index (κ3) is 2.95. The van der Waals surface area contributed by atoms with Crippen molar-refractivity contribution in [3.05, 3.63) is 35.9 Å². The lowest BCUT2D eigenvalue weighted by Crippen LogP contribution is -2.43. The molecule has 0 aromatic heterocycles. The summed E-state index contributed by atoms with van der Waals surface area (Å²) in [4.78, 5) is 37.3. The second kappa shape index (κ2) is 6.17. The van der Waals surface area contributed by atoms with Crippen molar-refractivity contribution in [1.29, 1.82) is 0 Å². The number of benzene rings is 1. The summed E-state index contributed by atoms with van der Waals surface area (Å²) in [6.07, 6.45) is 4.17. The topological polar surface area (TPSA) is 78.5 Å². The molecule has 2 aliphatic rings. The first kappa shape index (κ1) is 14.6. The maximum Gasteiger partial charge on any atom is 0.325 e. The van der Waals surface area contributed by atoms with Crippen molar-refractivity contribution in [2.75, 3.05) is 6.54 Å². The summed E-state index contributed by atoms with van der Waals surface area (Å²) in [6.45, 7) is -0.218. The predicted molar refractivity (Wildman–Crippen MR) is 79.8 cm³/mol. The number of hydrogen-bond donors (Lipinski definition) is 2. The summed E-state index contributed by atoms with van der Waals surface area (Å²) in [5.74, 6) is -0.651. The van der Waals surface area contributed by atoms with Gasteiger partial charge in [-0.05, 0) is 18.4 Å². The molecule has 0 radical (unpaired) electrons. The standard InChI is InChI=1S/C16H19N3O3/c20-13(17-12-8-4-5-9-12)10-19-15(21)14(18-16(19)22)11-6-2-1-3-7-11/h1-3,6-7,12,14H,4-5,8-10H2,(H,17,20)(H,18,22). The van der Waals surface area contributed by atoms with E-state index >= 15 is 0 Å². The SMILES string of the molecule is O=C(CN1C(=O)NC(c2ccccc2)C1=O)NC1CCCC1. The smallest absolute Gasteiger partial charge is 0.325 e. The quantitative estimate of drug-likeness (QED) is 0.824. The van der Waals surface area contributed by atoms with Gasteiger partial charge in [0.1, 0.15) is 12.6 Å². The molecular formula is C16H19N3O3. The van der Waals surface area contributed by atoms with E-state index < -0.39 is 12.1 Å². The zero-order valence-corrected chi connectivity index (χ0v) is 12.2. The van der Waals surface area contributed by atoms with Gasteiger partial charge < -0.3 is 10.6 Å². The number of urea groups is 1. The molecule has 0 spiro atoms. The first-order valence-electron chi connectivity index (χ1n) is 7.61. The number of carbonyl (C=O) groups excluding carboxylic acids is 3. The second-order valence-corrected chi connectivity index (χ2v) is 5.77. The van der Waals surface area contributed by atoms with Gasteiger partial charge in [0, 0.05) is 6.04 Å². The maximum absolute atomic E-state index is 12.4. The van der Waals surface area contributed by atoms with E-state index in [4.69, 9.17) is 0 Å². The van der Waals surface area contributed by atoms with Gasteiger partial charge in [-0.3, -0.25) is 14.5 Å². The third-order valence-corrected chi connectivity index (χ3v) is 4.18. The Morgan fingerprint density at radius 1 is 1.18 bits per heavy atom. The summed E-state index contributed by atoms with van der Waals surface area (Å²) in [7, 11) is 0. The van der Waals surface area contributed by atoms with Gasteiger partial charge >= 0.3 is 6.03 Å². The average Bonchev–Trinajstić information content (AvgIpc) is 3.11. The summed E-state index contributed by atoms with van der Waals surface area (Å²) >= 11 is 0. The van der Waals surface area contributed by atoms with Crippen LogP contribution in [0.1, 0.15) is 37.3 Å². The summed E-state index contributed by atoms with van der Waals surface area (Å²) in [6, 6.07) is 7.99. The van der Waals surface area contributed by atoms with Gasteiger partial charge in [-0.15, -0.1) is 0 Å². The number of rotatable bonds is 4. The van der Waals surface area contributed by atoms with Crippen LogP contribution in [-0.4, -0.2) is 35.3 Å². The van der Waals surface area contributed by atoms with Crippen molar-refractivity contribution < 1.29 is 14.4 Å². The molecular weight excluding hydrogens is 282 g/mol. The third-order valence-electron chi connectivity index (χ3n) is 4.18. The van der Waals surface area contributed by atoms with Gasteiger partial charge in [-0.1, -0.05) is 43.2 Å². The van der Waals surface area contributed by atoms with Crippen LogP contribution in [0, 0.1) is 0 Å². The van der Waals surface area contributed by atoms with Gasteiger partial charge in [0.2, 0.25) is 5.91 Å². The van der Waals surface area contributed by atoms with E-state index in [0.29, 0.717) is 0 Å². The molecule has 3 rings (SSSR count). The minimum absolute atomic E-state index is 0.179. The lowest BCUT2D eigenvalue weighted by molar-refractivity contribution is -0.132. The fourth-order valence-electron chi connectivity index (χ4n) is 3.03. The van der Waals surface area contributed by atoms with Crippen LogP contribution in [-0.2, 0) is 9.59 Å². The normalized spacial score (nSPS) is 22.0. The summed E-state index contributed by atoms with van der Waals surface area (Å²) in [5, 5.41) is 5.52. The van der Waals surface area contributed by atoms with E-state index in [1.807, 2.05) is 18.2 Å². The highest BCUT2D eigenvalue weighted by Crippen LogP contribution is 2.22. The minimum atomic E-state index is -0.701. The molecule has 1 atom stereocenters. The molecule has 6 heteroatoms. The zero-order chi connectivity index (χ0) is 15.5. The molecule has 2 fully saturated rings. The molecule has 116 valence electrons. The zero-order valence-electron chi connectivity index (χ0n) is 12.2. The van der Waals surface area contributed by atoms with Crippen molar-refractivity contribution in [2.45, 2.75) is 37.8 Å². The van der Waals surface area contributed by atoms with Crippen molar-refractivity contribution in [1.82, 2.24) is 15.5 Å². The van der Waals surface area contributed by atoms with Crippen molar-refractivity contribution in [3.8, 4) is 0 Å². The minimum Gasteiger partial charge on any atom is -0.352 e. The molecule has 22 heavy (non-hydrogen) atoms. The number of imide groups is 1. The van der Waals surface area contributed by atoms with Gasteiger partial charge in [-0.2, -0.15) is 0 Å². The van der Waals surface area contributed by atoms with E-state index in [9.17, 15) is 14.4 Å². The second-order valence-electron chi connectivity index (χ2n) is 5.77. The van der Waals surface area contributed by atoms with Crippen LogP contribution in [0.5, 0.6) is 0 Å². The summed E-state index contributed by atoms with van der Waals surface area (Å²) in [5.41, 5.74) is 0.722. The van der Waals surface area contributed by atoms with Crippen LogP contribution in [0.4, 0.5) is 4.79 Å². The maximum atomic E-state index is 12.4. The molecule has 1 aliphatic heterocycles. The first-order chi connectivity index (χ1) is 10.6. The molecule has 4 amide bonds. The van der Waals surface area contributed by atoms with Crippen LogP contribution >= 0.6 is 0 Å². The van der Waals surface area contributed by atoms with Crippen LogP contribution in [0.3, 0.4) is 0 Å². The van der Waals surface area contributed by atoms with E-state index in [2.05, 4.69) is 10.6 Å². The molecule has 1 heterocycles. The van der Waals surface area contributed by atoms with Crippen molar-refractivity contribution in [2.24, 2.45) is 0 Å². The van der Waals surface area contributed by atoms with Crippen molar-refractivity contribution >= 4 is 17.8 Å². The van der Waals surface area contributed by atoms with E-state index in [0.717, 1.165) is 36.1 Å². The molecule has 1 saturated carbocycles. The Morgan fingerprint density at radius 3 is 2.55 bits per heavy atom. The van der Waals surface area contributed by atoms with Gasteiger partial charge in [0.25, 0.3) is 5.91 Å². The number of nitrogens with one attached hydrogen (secondary N) is 2. The van der Waals surface area contributed by atoms with Gasteiger partial charge in [0.05, 0.1) is 0 Å². The molecule has 6 nitrogen and oxygen atoms in total. The Hall–Kier alpha value is -2.37. The average molecular weight is 301 g/mol. The fraction of sp³-hybridized carbons (Fsp3) is 0.438. The predicted octanol–water partition coefficient (Wildman–Crippen LogP) is 1.34. The van der Waals surface area contributed by atoms with Gasteiger partial charge in [0.15, 0.2) is 0 Å². The number of carbonyl (C=O) groups is 3. The van der Waals surface area contributed by atoms with E-state index in [1.165, 1.54) is 0 Å². The molecule has 2 N–H and O–H groups in total. The molecule has 0 bridgehead atoms. The molecule has 1 unspecified atom stereocenters. The van der Waals surface area contributed by atoms with Crippen LogP contribution in [0.15, 0.2) is 30.3 Å². The van der Waals surface area contributed by atoms with Crippen molar-refractivity contribution in [3.63, 3.8) is 0 Å². The number of amides is 4. The Balaban J connectivity index is 1.63. The highest BCUT2D eigenvalue weighted by atomic mass is 16.2. The first-order valence-corrected chi connectivity index (χ1v) is 7.61. The Bertz CT molecular complexity index is 582. The lowest BCUT2D eigenvalue weighted by Gasteiger charge is -2.16. The fourth-order valence-corrected chi connectivity index (χ4v) is 3.03. The van der Waals surface area contributed by atoms with Crippen LogP contribution in [0.2, 0.25) is 0 Å².